The summed E-state index contributed by atoms with van der Waals surface area (Å²) in [6.45, 7) is 25.8. The van der Waals surface area contributed by atoms with E-state index in [0.29, 0.717) is 50.4 Å². The van der Waals surface area contributed by atoms with E-state index in [1.54, 1.807) is 0 Å². The van der Waals surface area contributed by atoms with E-state index >= 15 is 0 Å². The van der Waals surface area contributed by atoms with Crippen molar-refractivity contribution >= 4 is 5.97 Å². The van der Waals surface area contributed by atoms with Gasteiger partial charge in [-0.3, -0.25) is 4.79 Å². The predicted octanol–water partition coefficient (Wildman–Crippen LogP) is 7.66. The third-order valence-electron chi connectivity index (χ3n) is 23.3. The Bertz CT molecular complexity index is 2410. The zero-order valence-electron chi connectivity index (χ0n) is 49.1. The molecule has 17 heteroatoms. The SMILES string of the molecule is C=C1CC2CCC34OC5C6OC(CCC6OC6C5OC(C)(C6O3)C4C)CC(=O)OC3C(CC4OC(CCC1O2)CC(C)C4=C)OC1CC2OC4(CC2OC1C3C)CC1OC2(CC(C)C3OC(CN(C)C)C(C)CC3O2)CC(C)C1O4. The highest BCUT2D eigenvalue weighted by atomic mass is 16.8. The van der Waals surface area contributed by atoms with Crippen molar-refractivity contribution in [2.24, 2.45) is 35.5 Å². The first-order valence-electron chi connectivity index (χ1n) is 31.8. The Morgan fingerprint density at radius 2 is 1.21 bits per heavy atom. The minimum atomic E-state index is -0.895. The lowest BCUT2D eigenvalue weighted by molar-refractivity contribution is -0.369. The Hall–Kier alpha value is -1.65. The smallest absolute Gasteiger partial charge is 0.308 e. The van der Waals surface area contributed by atoms with Gasteiger partial charge in [-0.25, -0.2) is 0 Å². The summed E-state index contributed by atoms with van der Waals surface area (Å²) in [4.78, 5) is 16.9. The monoisotopic (exact) mass is 1120 g/mol. The standard InChI is InChI=1S/C63H93NO16/c1-29-18-37-12-14-40-30(2)19-39(66-40)16-17-63-36(8)60(9)59(80-63)58-57(77-60)56(79-63)55-41(70-58)15-13-38(68-55)21-50(65)73-54-35(7)53-45(69-44(54)22-42(67-37)34(29)6)23-43-47(71-53)26-62(74-43)27-48-52(78-62)33(5)25-61(76-48)24-32(4)51-46(75-61)20-31(3)49(72-51)28-64(10)11/h29,31-33,35-49,51-59H,2,6,12-28H2,1,3-5,7-11H3. The molecule has 12 bridgehead atoms. The molecular formula is C63H93NO16. The van der Waals surface area contributed by atoms with Gasteiger partial charge in [0.1, 0.15) is 42.2 Å². The fourth-order valence-corrected chi connectivity index (χ4v) is 19.0. The zero-order valence-corrected chi connectivity index (χ0v) is 49.1. The van der Waals surface area contributed by atoms with Gasteiger partial charge in [0.2, 0.25) is 0 Å². The fraction of sp³-hybridized carbons (Fsp3) is 0.921. The molecule has 16 heterocycles. The van der Waals surface area contributed by atoms with Crippen molar-refractivity contribution in [3.63, 3.8) is 0 Å². The van der Waals surface area contributed by atoms with Gasteiger partial charge >= 0.3 is 5.97 Å². The van der Waals surface area contributed by atoms with Gasteiger partial charge in [0.15, 0.2) is 17.4 Å². The minimum Gasteiger partial charge on any atom is -0.459 e. The van der Waals surface area contributed by atoms with E-state index < -0.39 is 53.5 Å². The van der Waals surface area contributed by atoms with Crippen LogP contribution in [0.4, 0.5) is 0 Å². The molecule has 0 N–H and O–H groups in total. The van der Waals surface area contributed by atoms with E-state index in [0.717, 1.165) is 75.5 Å². The molecule has 0 aliphatic carbocycles. The van der Waals surface area contributed by atoms with Crippen LogP contribution in [0.15, 0.2) is 24.3 Å². The van der Waals surface area contributed by atoms with E-state index in [1.807, 2.05) is 0 Å². The van der Waals surface area contributed by atoms with Gasteiger partial charge in [-0.1, -0.05) is 54.7 Å². The normalized spacial score (nSPS) is 58.9. The number of likely N-dealkylation sites (N-methyl/N-ethyl adjacent to an activating group) is 1. The number of ether oxygens (including phenoxy) is 15. The first-order valence-corrected chi connectivity index (χ1v) is 31.8. The second-order valence-electron chi connectivity index (χ2n) is 29.1. The van der Waals surface area contributed by atoms with Gasteiger partial charge in [-0.05, 0) is 107 Å². The number of fused-ring (bicyclic) bond motifs is 10. The molecule has 0 aromatic heterocycles. The topological polar surface area (TPSA) is 159 Å². The molecule has 16 aliphatic heterocycles. The second-order valence-corrected chi connectivity index (χ2v) is 29.1. The number of nitrogens with zero attached hydrogens (tertiary/aromatic N) is 1. The van der Waals surface area contributed by atoms with Crippen LogP contribution in [0.25, 0.3) is 0 Å². The van der Waals surface area contributed by atoms with Gasteiger partial charge in [0, 0.05) is 63.3 Å². The molecule has 16 saturated heterocycles. The van der Waals surface area contributed by atoms with Gasteiger partial charge in [0.05, 0.1) is 104 Å². The highest BCUT2D eigenvalue weighted by Crippen LogP contribution is 2.62. The molecule has 32 unspecified atom stereocenters. The van der Waals surface area contributed by atoms with Crippen molar-refractivity contribution in [3.05, 3.63) is 24.3 Å². The molecule has 16 rings (SSSR count). The van der Waals surface area contributed by atoms with Crippen LogP contribution < -0.4 is 0 Å². The summed E-state index contributed by atoms with van der Waals surface area (Å²) < 4.78 is 106. The molecule has 0 saturated carbocycles. The summed E-state index contributed by atoms with van der Waals surface area (Å²) in [5.74, 6) is -1.92. The Balaban J connectivity index is 0.666. The van der Waals surface area contributed by atoms with Crippen molar-refractivity contribution in [3.8, 4) is 0 Å². The van der Waals surface area contributed by atoms with E-state index in [-0.39, 0.29) is 140 Å². The van der Waals surface area contributed by atoms with Crippen LogP contribution in [0.2, 0.25) is 0 Å². The number of rotatable bonds is 2. The molecule has 32 atom stereocenters. The summed E-state index contributed by atoms with van der Waals surface area (Å²) in [6.07, 6.45) is 6.08. The fourth-order valence-electron chi connectivity index (χ4n) is 19.0. The van der Waals surface area contributed by atoms with Crippen molar-refractivity contribution in [2.45, 2.75) is 308 Å². The van der Waals surface area contributed by atoms with E-state index in [4.69, 9.17) is 71.1 Å². The predicted molar refractivity (Wildman–Crippen MR) is 287 cm³/mol. The summed E-state index contributed by atoms with van der Waals surface area (Å²) in [5, 5.41) is 0. The maximum absolute atomic E-state index is 14.7. The Morgan fingerprint density at radius 1 is 0.512 bits per heavy atom. The van der Waals surface area contributed by atoms with Crippen LogP contribution in [0.5, 0.6) is 0 Å². The van der Waals surface area contributed by atoms with Gasteiger partial charge < -0.3 is 76.0 Å². The lowest BCUT2D eigenvalue weighted by Crippen LogP contribution is -2.62. The van der Waals surface area contributed by atoms with Crippen molar-refractivity contribution < 1.29 is 75.8 Å². The molecule has 80 heavy (non-hydrogen) atoms. The molecule has 446 valence electrons. The third kappa shape index (κ3) is 9.01. The Labute approximate surface area is 474 Å². The number of hydrogen-bond acceptors (Lipinski definition) is 17. The lowest BCUT2D eigenvalue weighted by Gasteiger charge is -2.55. The molecule has 0 aromatic carbocycles. The van der Waals surface area contributed by atoms with Crippen molar-refractivity contribution in [2.75, 3.05) is 20.6 Å². The molecule has 0 radical (unpaired) electrons. The van der Waals surface area contributed by atoms with Crippen LogP contribution in [-0.2, 0) is 75.8 Å². The van der Waals surface area contributed by atoms with Gasteiger partial charge in [-0.15, -0.1) is 0 Å². The van der Waals surface area contributed by atoms with E-state index in [9.17, 15) is 4.79 Å². The summed E-state index contributed by atoms with van der Waals surface area (Å²) in [5.41, 5.74) is 1.61. The average Bonchev–Trinajstić information content (AvgIpc) is 4.26. The molecule has 16 fully saturated rings. The van der Waals surface area contributed by atoms with E-state index in [2.05, 4.69) is 80.6 Å². The summed E-state index contributed by atoms with van der Waals surface area (Å²) in [7, 11) is 4.23. The highest BCUT2D eigenvalue weighted by Gasteiger charge is 2.76. The molecular weight excluding hydrogens is 1030 g/mol. The second kappa shape index (κ2) is 19.9. The van der Waals surface area contributed by atoms with Crippen LogP contribution >= 0.6 is 0 Å². The van der Waals surface area contributed by atoms with Crippen molar-refractivity contribution in [1.29, 1.82) is 0 Å². The van der Waals surface area contributed by atoms with Gasteiger partial charge in [0.25, 0.3) is 0 Å². The summed E-state index contributed by atoms with van der Waals surface area (Å²) in [6, 6.07) is 0. The molecule has 3 spiro atoms. The van der Waals surface area contributed by atoms with Crippen LogP contribution in [0.1, 0.15) is 151 Å². The van der Waals surface area contributed by atoms with E-state index in [1.165, 1.54) is 0 Å². The maximum Gasteiger partial charge on any atom is 0.308 e. The van der Waals surface area contributed by atoms with Gasteiger partial charge in [-0.2, -0.15) is 0 Å². The number of esters is 1. The van der Waals surface area contributed by atoms with Crippen LogP contribution in [0.3, 0.4) is 0 Å². The largest absolute Gasteiger partial charge is 0.459 e. The molecule has 16 aliphatic rings. The Kier molecular flexibility index (Phi) is 13.7. The number of carbonyl (C=O) groups excluding carboxylic acids is 1. The highest BCUT2D eigenvalue weighted by molar-refractivity contribution is 5.70. The van der Waals surface area contributed by atoms with Crippen molar-refractivity contribution in [1.82, 2.24) is 4.90 Å². The molecule has 0 amide bonds. The number of carbonyl (C=O) groups is 1. The maximum atomic E-state index is 14.7. The van der Waals surface area contributed by atoms with Crippen LogP contribution in [0, 0.1) is 35.5 Å². The zero-order chi connectivity index (χ0) is 55.1. The lowest BCUT2D eigenvalue weighted by atomic mass is 9.77. The third-order valence-corrected chi connectivity index (χ3v) is 23.3. The quantitative estimate of drug-likeness (QED) is 0.196. The number of hydrogen-bond donors (Lipinski definition) is 0. The Morgan fingerprint density at radius 3 is 2.04 bits per heavy atom. The molecule has 0 aromatic rings. The first kappa shape index (κ1) is 55.0. The first-order chi connectivity index (χ1) is 38.2. The average molecular weight is 1120 g/mol. The van der Waals surface area contributed by atoms with Crippen LogP contribution in [-0.4, -0.2) is 189 Å². The molecule has 17 nitrogen and oxygen atoms in total. The minimum absolute atomic E-state index is 0.00474. The summed E-state index contributed by atoms with van der Waals surface area (Å²) >= 11 is 0.